The average Bonchev–Trinajstić information content (AvgIpc) is 3.23. The van der Waals surface area contributed by atoms with Gasteiger partial charge in [0.15, 0.2) is 0 Å². The molecule has 0 aromatic rings. The van der Waals surface area contributed by atoms with Crippen molar-refractivity contribution < 1.29 is 15.0 Å². The summed E-state index contributed by atoms with van der Waals surface area (Å²) >= 11 is 0. The fourth-order valence-corrected chi connectivity index (χ4v) is 8.37. The summed E-state index contributed by atoms with van der Waals surface area (Å²) in [4.78, 5) is 12.4. The molecule has 0 saturated heterocycles. The number of hydrogen-bond acceptors (Lipinski definition) is 3. The Morgan fingerprint density at radius 3 is 1.00 bits per heavy atom. The van der Waals surface area contributed by atoms with E-state index in [2.05, 4.69) is 31.3 Å². The third-order valence-corrected chi connectivity index (χ3v) is 12.4. The molecule has 344 valence electrons. The molecule has 4 nitrogen and oxygen atoms in total. The second kappa shape index (κ2) is 50.2. The molecule has 2 atom stereocenters. The highest BCUT2D eigenvalue weighted by Crippen LogP contribution is 2.17. The van der Waals surface area contributed by atoms with Crippen molar-refractivity contribution in [3.8, 4) is 0 Å². The number of aliphatic hydroxyl groups excluding tert-OH is 2. The third kappa shape index (κ3) is 45.9. The summed E-state index contributed by atoms with van der Waals surface area (Å²) in [6, 6.07) is -0.635. The van der Waals surface area contributed by atoms with Crippen LogP contribution in [0.1, 0.15) is 296 Å². The van der Waals surface area contributed by atoms with Gasteiger partial charge in [0, 0.05) is 6.42 Å². The maximum absolute atomic E-state index is 12.4. The first-order valence-electron chi connectivity index (χ1n) is 26.6. The van der Waals surface area contributed by atoms with Gasteiger partial charge >= 0.3 is 0 Å². The minimum atomic E-state index is -0.858. The van der Waals surface area contributed by atoms with E-state index in [0.717, 1.165) is 32.1 Å². The molecule has 0 aromatic heterocycles. The van der Waals surface area contributed by atoms with Crippen LogP contribution in [-0.2, 0) is 4.79 Å². The molecule has 1 amide bonds. The number of hydrogen-bond donors (Lipinski definition) is 3. The lowest BCUT2D eigenvalue weighted by molar-refractivity contribution is -0.123. The smallest absolute Gasteiger partial charge is 0.220 e. The second-order valence-electron chi connectivity index (χ2n) is 18.3. The maximum Gasteiger partial charge on any atom is 0.220 e. The molecule has 0 fully saturated rings. The molecular formula is C54H105NO3. The van der Waals surface area contributed by atoms with E-state index in [9.17, 15) is 15.0 Å². The van der Waals surface area contributed by atoms with E-state index in [1.165, 1.54) is 244 Å². The van der Waals surface area contributed by atoms with Gasteiger partial charge in [0.1, 0.15) is 0 Å². The van der Waals surface area contributed by atoms with Gasteiger partial charge in [-0.15, -0.1) is 0 Å². The normalized spacial score (nSPS) is 13.0. The molecule has 0 aliphatic carbocycles. The quantitative estimate of drug-likeness (QED) is 0.0423. The first kappa shape index (κ1) is 56.9. The summed E-state index contributed by atoms with van der Waals surface area (Å²) in [5.41, 5.74) is 0. The van der Waals surface area contributed by atoms with E-state index >= 15 is 0 Å². The highest BCUT2D eigenvalue weighted by molar-refractivity contribution is 5.76. The maximum atomic E-state index is 12.4. The lowest BCUT2D eigenvalue weighted by Crippen LogP contribution is -2.45. The van der Waals surface area contributed by atoms with Crippen LogP contribution in [0.2, 0.25) is 0 Å². The van der Waals surface area contributed by atoms with E-state index in [1.54, 1.807) is 6.08 Å². The van der Waals surface area contributed by atoms with E-state index < -0.39 is 12.1 Å². The molecule has 4 heteroatoms. The highest BCUT2D eigenvalue weighted by atomic mass is 16.3. The molecule has 58 heavy (non-hydrogen) atoms. The Balaban J connectivity index is 3.43. The van der Waals surface area contributed by atoms with Crippen LogP contribution in [-0.4, -0.2) is 34.9 Å². The van der Waals surface area contributed by atoms with Crippen molar-refractivity contribution in [3.05, 3.63) is 24.3 Å². The minimum Gasteiger partial charge on any atom is -0.394 e. The molecule has 0 spiro atoms. The highest BCUT2D eigenvalue weighted by Gasteiger charge is 2.18. The van der Waals surface area contributed by atoms with Crippen molar-refractivity contribution in [1.29, 1.82) is 0 Å². The molecule has 0 bridgehead atoms. The zero-order valence-electron chi connectivity index (χ0n) is 39.6. The lowest BCUT2D eigenvalue weighted by Gasteiger charge is -2.19. The van der Waals surface area contributed by atoms with E-state index in [0.29, 0.717) is 6.42 Å². The standard InChI is InChI=1S/C54H105NO3/c1-3-5-7-9-11-13-15-17-19-20-21-22-23-24-25-26-27-28-29-30-31-32-33-34-36-38-40-42-44-46-48-50-54(58)55-52(51-56)53(57)49-47-45-43-41-39-37-35-18-16-14-12-10-8-6-4-2/h39,41,47,49,52-53,56-57H,3-38,40,42-46,48,50-51H2,1-2H3,(H,55,58)/b41-39+,49-47+. The van der Waals surface area contributed by atoms with Gasteiger partial charge in [-0.25, -0.2) is 0 Å². The minimum absolute atomic E-state index is 0.0682. The van der Waals surface area contributed by atoms with Gasteiger partial charge in [-0.1, -0.05) is 282 Å². The van der Waals surface area contributed by atoms with Gasteiger partial charge in [-0.05, 0) is 32.1 Å². The Morgan fingerprint density at radius 2 is 0.672 bits per heavy atom. The number of allylic oxidation sites excluding steroid dienone is 3. The van der Waals surface area contributed by atoms with Crippen molar-refractivity contribution in [2.75, 3.05) is 6.61 Å². The van der Waals surface area contributed by atoms with Crippen LogP contribution in [0.3, 0.4) is 0 Å². The summed E-state index contributed by atoms with van der Waals surface area (Å²) in [5.74, 6) is -0.0682. The van der Waals surface area contributed by atoms with Crippen LogP contribution in [0, 0.1) is 0 Å². The fourth-order valence-electron chi connectivity index (χ4n) is 8.37. The number of carbonyl (C=O) groups is 1. The predicted octanol–water partition coefficient (Wildman–Crippen LogP) is 17.1. The summed E-state index contributed by atoms with van der Waals surface area (Å²) in [6.45, 7) is 4.32. The molecule has 0 saturated carbocycles. The van der Waals surface area contributed by atoms with Gasteiger partial charge in [0.05, 0.1) is 18.8 Å². The van der Waals surface area contributed by atoms with Crippen molar-refractivity contribution in [3.63, 3.8) is 0 Å². The number of unbranched alkanes of at least 4 members (excludes halogenated alkanes) is 40. The zero-order valence-corrected chi connectivity index (χ0v) is 39.6. The topological polar surface area (TPSA) is 69.6 Å². The molecule has 0 aromatic carbocycles. The lowest BCUT2D eigenvalue weighted by atomic mass is 10.0. The van der Waals surface area contributed by atoms with Crippen molar-refractivity contribution in [2.24, 2.45) is 0 Å². The Hall–Kier alpha value is -1.13. The number of aliphatic hydroxyl groups is 2. The number of carbonyl (C=O) groups excluding carboxylic acids is 1. The molecule has 0 aliphatic heterocycles. The monoisotopic (exact) mass is 816 g/mol. The predicted molar refractivity (Wildman–Crippen MR) is 258 cm³/mol. The van der Waals surface area contributed by atoms with Gasteiger partial charge in [0.2, 0.25) is 5.91 Å². The van der Waals surface area contributed by atoms with Gasteiger partial charge < -0.3 is 15.5 Å². The van der Waals surface area contributed by atoms with Crippen LogP contribution in [0.4, 0.5) is 0 Å². The van der Waals surface area contributed by atoms with E-state index in [1.807, 2.05) is 6.08 Å². The van der Waals surface area contributed by atoms with Crippen LogP contribution in [0.5, 0.6) is 0 Å². The zero-order chi connectivity index (χ0) is 42.1. The van der Waals surface area contributed by atoms with Gasteiger partial charge in [-0.2, -0.15) is 0 Å². The first-order chi connectivity index (χ1) is 28.7. The van der Waals surface area contributed by atoms with Crippen LogP contribution in [0.25, 0.3) is 0 Å². The molecular weight excluding hydrogens is 711 g/mol. The summed E-state index contributed by atoms with van der Waals surface area (Å²) in [7, 11) is 0. The Kier molecular flexibility index (Phi) is 49.2. The molecule has 0 aliphatic rings. The average molecular weight is 816 g/mol. The Bertz CT molecular complexity index is 840. The second-order valence-corrected chi connectivity index (χ2v) is 18.3. The molecule has 0 heterocycles. The van der Waals surface area contributed by atoms with Gasteiger partial charge in [0.25, 0.3) is 0 Å². The molecule has 2 unspecified atom stereocenters. The Labute approximate surface area is 364 Å². The SMILES string of the molecule is CCCCCCCCCCC/C=C/CC/C=C/C(O)C(CO)NC(=O)CCCCCCCCCCCCCCCCCCCCCCCCCCCCCCCCC. The van der Waals surface area contributed by atoms with Crippen LogP contribution >= 0.6 is 0 Å². The summed E-state index contributed by atoms with van der Waals surface area (Å²) in [6.07, 6.45) is 66.2. The Morgan fingerprint density at radius 1 is 0.397 bits per heavy atom. The van der Waals surface area contributed by atoms with Crippen molar-refractivity contribution >= 4 is 5.91 Å². The van der Waals surface area contributed by atoms with Crippen molar-refractivity contribution in [2.45, 2.75) is 309 Å². The van der Waals surface area contributed by atoms with E-state index in [-0.39, 0.29) is 12.5 Å². The fraction of sp³-hybridized carbons (Fsp3) is 0.907. The van der Waals surface area contributed by atoms with Gasteiger partial charge in [-0.3, -0.25) is 4.79 Å². The molecule has 3 N–H and O–H groups in total. The first-order valence-corrected chi connectivity index (χ1v) is 26.6. The molecule has 0 rings (SSSR count). The number of amides is 1. The largest absolute Gasteiger partial charge is 0.394 e. The number of nitrogens with one attached hydrogen (secondary N) is 1. The van der Waals surface area contributed by atoms with E-state index in [4.69, 9.17) is 0 Å². The molecule has 0 radical (unpaired) electrons. The van der Waals surface area contributed by atoms with Crippen molar-refractivity contribution in [1.82, 2.24) is 5.32 Å². The number of rotatable bonds is 49. The summed E-state index contributed by atoms with van der Waals surface area (Å²) in [5, 5.41) is 23.0. The van der Waals surface area contributed by atoms with Crippen LogP contribution in [0.15, 0.2) is 24.3 Å². The summed E-state index contributed by atoms with van der Waals surface area (Å²) < 4.78 is 0. The van der Waals surface area contributed by atoms with Crippen LogP contribution < -0.4 is 5.32 Å². The third-order valence-electron chi connectivity index (χ3n) is 12.4.